The Bertz CT molecular complexity index is 741. The Labute approximate surface area is 146 Å². The second-order valence-corrected chi connectivity index (χ2v) is 6.15. The van der Waals surface area contributed by atoms with Gasteiger partial charge in [-0.2, -0.15) is 0 Å². The van der Waals surface area contributed by atoms with Gasteiger partial charge < -0.3 is 14.6 Å². The zero-order valence-corrected chi connectivity index (χ0v) is 13.9. The van der Waals surface area contributed by atoms with Gasteiger partial charge in [-0.25, -0.2) is 4.98 Å². The SMILES string of the molecule is O=C(O)C1CC(=O)N(CCCn2ccnc2)C1/C=C/c1ccccc1. The number of carboxylic acids is 1. The molecule has 0 saturated carbocycles. The van der Waals surface area contributed by atoms with Gasteiger partial charge >= 0.3 is 5.97 Å². The summed E-state index contributed by atoms with van der Waals surface area (Å²) in [6, 6.07) is 9.28. The first-order chi connectivity index (χ1) is 12.1. The number of imidazole rings is 1. The number of amides is 1. The molecule has 3 rings (SSSR count). The number of carbonyl (C=O) groups excluding carboxylic acids is 1. The van der Waals surface area contributed by atoms with Gasteiger partial charge in [0.2, 0.25) is 5.91 Å². The molecule has 25 heavy (non-hydrogen) atoms. The van der Waals surface area contributed by atoms with Gasteiger partial charge in [-0.1, -0.05) is 42.5 Å². The van der Waals surface area contributed by atoms with E-state index in [-0.39, 0.29) is 12.3 Å². The maximum atomic E-state index is 12.3. The number of nitrogens with zero attached hydrogens (tertiary/aromatic N) is 3. The van der Waals surface area contributed by atoms with Crippen molar-refractivity contribution < 1.29 is 14.7 Å². The number of aliphatic carboxylic acids is 1. The lowest BCUT2D eigenvalue weighted by Crippen LogP contribution is -2.36. The lowest BCUT2D eigenvalue weighted by Gasteiger charge is -2.24. The van der Waals surface area contributed by atoms with Crippen molar-refractivity contribution in [2.75, 3.05) is 6.54 Å². The van der Waals surface area contributed by atoms with Crippen molar-refractivity contribution >= 4 is 18.0 Å². The third-order valence-corrected chi connectivity index (χ3v) is 4.46. The van der Waals surface area contributed by atoms with Crippen LogP contribution in [0.15, 0.2) is 55.1 Å². The van der Waals surface area contributed by atoms with Crippen LogP contribution in [0.4, 0.5) is 0 Å². The van der Waals surface area contributed by atoms with Crippen molar-refractivity contribution in [2.24, 2.45) is 5.92 Å². The van der Waals surface area contributed by atoms with Gasteiger partial charge in [0.05, 0.1) is 18.3 Å². The van der Waals surface area contributed by atoms with Crippen LogP contribution in [0.25, 0.3) is 6.08 Å². The lowest BCUT2D eigenvalue weighted by atomic mass is 9.99. The van der Waals surface area contributed by atoms with E-state index in [4.69, 9.17) is 0 Å². The molecule has 2 atom stereocenters. The minimum Gasteiger partial charge on any atom is -0.481 e. The molecule has 6 heteroatoms. The first-order valence-corrected chi connectivity index (χ1v) is 8.36. The molecule has 2 unspecified atom stereocenters. The van der Waals surface area contributed by atoms with Gasteiger partial charge in [-0.05, 0) is 12.0 Å². The summed E-state index contributed by atoms with van der Waals surface area (Å²) in [6.45, 7) is 1.28. The van der Waals surface area contributed by atoms with Crippen molar-refractivity contribution in [1.82, 2.24) is 14.5 Å². The Kier molecular flexibility index (Phi) is 5.28. The number of hydrogen-bond donors (Lipinski definition) is 1. The Hall–Kier alpha value is -2.89. The summed E-state index contributed by atoms with van der Waals surface area (Å²) in [4.78, 5) is 29.5. The average molecular weight is 339 g/mol. The fourth-order valence-corrected chi connectivity index (χ4v) is 3.17. The third kappa shape index (κ3) is 4.15. The molecule has 1 aromatic heterocycles. The fourth-order valence-electron chi connectivity index (χ4n) is 3.17. The van der Waals surface area contributed by atoms with Crippen molar-refractivity contribution in [3.63, 3.8) is 0 Å². The van der Waals surface area contributed by atoms with E-state index in [0.717, 1.165) is 18.5 Å². The summed E-state index contributed by atoms with van der Waals surface area (Å²) >= 11 is 0. The molecule has 6 nitrogen and oxygen atoms in total. The molecule has 2 heterocycles. The van der Waals surface area contributed by atoms with Crippen molar-refractivity contribution in [3.05, 3.63) is 60.7 Å². The van der Waals surface area contributed by atoms with Crippen LogP contribution in [0.3, 0.4) is 0 Å². The normalized spacial score (nSPS) is 20.5. The summed E-state index contributed by atoms with van der Waals surface area (Å²) in [6.07, 6.45) is 9.87. The largest absolute Gasteiger partial charge is 0.481 e. The van der Waals surface area contributed by atoms with Crippen molar-refractivity contribution in [1.29, 1.82) is 0 Å². The number of carboxylic acid groups (broad SMARTS) is 1. The molecule has 2 aromatic rings. The Balaban J connectivity index is 1.70. The summed E-state index contributed by atoms with van der Waals surface area (Å²) in [5, 5.41) is 9.47. The molecule has 1 aromatic carbocycles. The first-order valence-electron chi connectivity index (χ1n) is 8.36. The van der Waals surface area contributed by atoms with Crippen LogP contribution in [-0.2, 0) is 16.1 Å². The molecule has 1 aliphatic heterocycles. The number of hydrogen-bond acceptors (Lipinski definition) is 3. The van der Waals surface area contributed by atoms with E-state index in [1.807, 2.05) is 53.2 Å². The first kappa shape index (κ1) is 17.0. The predicted octanol–water partition coefficient (Wildman–Crippen LogP) is 2.29. The highest BCUT2D eigenvalue weighted by Crippen LogP contribution is 2.28. The van der Waals surface area contributed by atoms with Crippen LogP contribution in [0.5, 0.6) is 0 Å². The predicted molar refractivity (Wildman–Crippen MR) is 93.6 cm³/mol. The van der Waals surface area contributed by atoms with Gasteiger partial charge in [-0.15, -0.1) is 0 Å². The zero-order chi connectivity index (χ0) is 17.6. The standard InChI is InChI=1S/C19H21N3O3/c23-18-13-16(19(24)25)17(8-7-15-5-2-1-3-6-15)22(18)11-4-10-21-12-9-20-14-21/h1-3,5-9,12,14,16-17H,4,10-11,13H2,(H,24,25)/b8-7+. The van der Waals surface area contributed by atoms with Gasteiger partial charge in [-0.3, -0.25) is 9.59 Å². The zero-order valence-electron chi connectivity index (χ0n) is 13.9. The van der Waals surface area contributed by atoms with E-state index in [2.05, 4.69) is 4.98 Å². The molecule has 1 saturated heterocycles. The van der Waals surface area contributed by atoms with Gasteiger partial charge in [0.1, 0.15) is 0 Å². The molecule has 0 spiro atoms. The second-order valence-electron chi connectivity index (χ2n) is 6.15. The third-order valence-electron chi connectivity index (χ3n) is 4.46. The fraction of sp³-hybridized carbons (Fsp3) is 0.316. The summed E-state index contributed by atoms with van der Waals surface area (Å²) in [7, 11) is 0. The highest BCUT2D eigenvalue weighted by Gasteiger charge is 2.41. The smallest absolute Gasteiger partial charge is 0.309 e. The van der Waals surface area contributed by atoms with Crippen molar-refractivity contribution in [2.45, 2.75) is 25.4 Å². The van der Waals surface area contributed by atoms with Crippen LogP contribution >= 0.6 is 0 Å². The van der Waals surface area contributed by atoms with E-state index < -0.39 is 17.9 Å². The molecule has 0 radical (unpaired) electrons. The molecule has 0 aliphatic carbocycles. The van der Waals surface area contributed by atoms with Gasteiger partial charge in [0.15, 0.2) is 0 Å². The Morgan fingerprint density at radius 1 is 1.28 bits per heavy atom. The number of likely N-dealkylation sites (tertiary alicyclic amines) is 1. The van der Waals surface area contributed by atoms with Crippen LogP contribution in [0.2, 0.25) is 0 Å². The van der Waals surface area contributed by atoms with E-state index in [1.54, 1.807) is 17.4 Å². The number of benzene rings is 1. The highest BCUT2D eigenvalue weighted by molar-refractivity contribution is 5.87. The molecule has 1 amide bonds. The molecule has 1 aliphatic rings. The molecule has 1 N–H and O–H groups in total. The van der Waals surface area contributed by atoms with Crippen molar-refractivity contribution in [3.8, 4) is 0 Å². The average Bonchev–Trinajstić information content (AvgIpc) is 3.23. The molecular formula is C19H21N3O3. The van der Waals surface area contributed by atoms with E-state index in [9.17, 15) is 14.7 Å². The minimum atomic E-state index is -0.923. The lowest BCUT2D eigenvalue weighted by molar-refractivity contribution is -0.142. The monoisotopic (exact) mass is 339 g/mol. The quantitative estimate of drug-likeness (QED) is 0.840. The van der Waals surface area contributed by atoms with Gasteiger partial charge in [0.25, 0.3) is 0 Å². The molecule has 1 fully saturated rings. The van der Waals surface area contributed by atoms with Crippen LogP contribution in [0.1, 0.15) is 18.4 Å². The number of aryl methyl sites for hydroxylation is 1. The van der Waals surface area contributed by atoms with Gasteiger partial charge in [0, 0.05) is 31.9 Å². The van der Waals surface area contributed by atoms with Crippen LogP contribution in [0, 0.1) is 5.92 Å². The molecule has 130 valence electrons. The minimum absolute atomic E-state index is 0.0597. The summed E-state index contributed by atoms with van der Waals surface area (Å²) in [5.74, 6) is -1.71. The van der Waals surface area contributed by atoms with E-state index in [0.29, 0.717) is 6.54 Å². The molecular weight excluding hydrogens is 318 g/mol. The topological polar surface area (TPSA) is 75.4 Å². The van der Waals surface area contributed by atoms with Crippen LogP contribution < -0.4 is 0 Å². The van der Waals surface area contributed by atoms with E-state index in [1.165, 1.54) is 0 Å². The number of carbonyl (C=O) groups is 2. The van der Waals surface area contributed by atoms with E-state index >= 15 is 0 Å². The number of rotatable bonds is 7. The second kappa shape index (κ2) is 7.79. The summed E-state index contributed by atoms with van der Waals surface area (Å²) < 4.78 is 1.95. The Morgan fingerprint density at radius 3 is 2.76 bits per heavy atom. The maximum absolute atomic E-state index is 12.3. The number of aromatic nitrogens is 2. The highest BCUT2D eigenvalue weighted by atomic mass is 16.4. The summed E-state index contributed by atoms with van der Waals surface area (Å²) in [5.41, 5.74) is 0.990. The Morgan fingerprint density at radius 2 is 2.08 bits per heavy atom. The van der Waals surface area contributed by atoms with Crippen LogP contribution in [-0.4, -0.2) is 44.0 Å². The molecule has 0 bridgehead atoms. The maximum Gasteiger partial charge on any atom is 0.309 e.